The molecule has 0 spiro atoms. The van der Waals surface area contributed by atoms with Crippen LogP contribution in [-0.4, -0.2) is 16.1 Å². The summed E-state index contributed by atoms with van der Waals surface area (Å²) in [5.41, 5.74) is 6.46. The van der Waals surface area contributed by atoms with Crippen molar-refractivity contribution in [3.05, 3.63) is 24.3 Å². The summed E-state index contributed by atoms with van der Waals surface area (Å²) in [5, 5.41) is 0. The van der Waals surface area contributed by atoms with E-state index in [1.165, 1.54) is 0 Å². The van der Waals surface area contributed by atoms with Gasteiger partial charge in [0.1, 0.15) is 16.1 Å². The molecular formula is C15H24NiSi2. The van der Waals surface area contributed by atoms with E-state index in [4.69, 9.17) is 0 Å². The molecule has 102 valence electrons. The third kappa shape index (κ3) is 17.9. The van der Waals surface area contributed by atoms with Crippen LogP contribution >= 0.6 is 0 Å². The normalized spacial score (nSPS) is 12.1. The monoisotopic (exact) mass is 318 g/mol. The van der Waals surface area contributed by atoms with Gasteiger partial charge in [-0.05, 0) is 18.3 Å². The van der Waals surface area contributed by atoms with Crippen molar-refractivity contribution in [1.82, 2.24) is 0 Å². The Morgan fingerprint density at radius 3 is 1.22 bits per heavy atom. The Balaban J connectivity index is 0. The van der Waals surface area contributed by atoms with E-state index in [0.717, 1.165) is 6.42 Å². The Kier molecular flexibility index (Phi) is 10.4. The van der Waals surface area contributed by atoms with Gasteiger partial charge in [0.05, 0.1) is 0 Å². The molecule has 0 saturated carbocycles. The molecule has 0 aromatic rings. The summed E-state index contributed by atoms with van der Waals surface area (Å²) >= 11 is 0. The van der Waals surface area contributed by atoms with Crippen LogP contribution in [0.1, 0.15) is 6.42 Å². The number of rotatable bonds is 0. The van der Waals surface area contributed by atoms with Crippen LogP contribution in [0, 0.1) is 22.9 Å². The van der Waals surface area contributed by atoms with Crippen LogP contribution in [0.5, 0.6) is 0 Å². The molecule has 0 amide bonds. The molecule has 0 radical (unpaired) electrons. The average Bonchev–Trinajstić information content (AvgIpc) is 2.67. The summed E-state index contributed by atoms with van der Waals surface area (Å²) < 4.78 is 0. The number of allylic oxidation sites excluding steroid dienone is 4. The molecule has 18 heavy (non-hydrogen) atoms. The molecule has 0 atom stereocenters. The second-order valence-electron chi connectivity index (χ2n) is 6.09. The van der Waals surface area contributed by atoms with Crippen LogP contribution in [0.25, 0.3) is 0 Å². The Hall–Kier alpha value is -0.473. The second-order valence-corrected chi connectivity index (χ2v) is 15.6. The van der Waals surface area contributed by atoms with Gasteiger partial charge in [0.15, 0.2) is 0 Å². The minimum atomic E-state index is -1.20. The SMILES string of the molecule is C1=CCC=C1.C[Si](C)(C)C#CC#C[Si](C)(C)C.[Ni]. The minimum Gasteiger partial charge on any atom is -0.118 e. The maximum Gasteiger partial charge on any atom is 0.130 e. The van der Waals surface area contributed by atoms with E-state index in [1.54, 1.807) is 0 Å². The van der Waals surface area contributed by atoms with Crippen molar-refractivity contribution in [2.24, 2.45) is 0 Å². The van der Waals surface area contributed by atoms with Crippen LogP contribution in [-0.2, 0) is 16.5 Å². The molecule has 1 aliphatic carbocycles. The van der Waals surface area contributed by atoms with Crippen molar-refractivity contribution < 1.29 is 16.5 Å². The Labute approximate surface area is 125 Å². The van der Waals surface area contributed by atoms with Gasteiger partial charge >= 0.3 is 0 Å². The van der Waals surface area contributed by atoms with Gasteiger partial charge in [-0.2, -0.15) is 0 Å². The Bertz CT molecular complexity index is 358. The first-order chi connectivity index (χ1) is 7.71. The first kappa shape index (κ1) is 19.9. The maximum atomic E-state index is 3.23. The predicted octanol–water partition coefficient (Wildman–Crippen LogP) is 4.25. The van der Waals surface area contributed by atoms with E-state index in [-0.39, 0.29) is 16.5 Å². The molecule has 0 aromatic carbocycles. The van der Waals surface area contributed by atoms with Gasteiger partial charge in [-0.25, -0.2) is 0 Å². The van der Waals surface area contributed by atoms with Gasteiger partial charge in [0.25, 0.3) is 0 Å². The topological polar surface area (TPSA) is 0 Å². The molecule has 0 nitrogen and oxygen atoms in total. The van der Waals surface area contributed by atoms with E-state index in [9.17, 15) is 0 Å². The van der Waals surface area contributed by atoms with E-state index >= 15 is 0 Å². The van der Waals surface area contributed by atoms with Gasteiger partial charge < -0.3 is 0 Å². The second kappa shape index (κ2) is 9.46. The zero-order chi connectivity index (χ0) is 13.4. The first-order valence-electron chi connectivity index (χ1n) is 6.07. The molecule has 3 heteroatoms. The van der Waals surface area contributed by atoms with E-state index in [2.05, 4.69) is 86.5 Å². The maximum absolute atomic E-state index is 3.23. The van der Waals surface area contributed by atoms with Crippen molar-refractivity contribution in [1.29, 1.82) is 0 Å². The van der Waals surface area contributed by atoms with Gasteiger partial charge in [-0.15, -0.1) is 11.1 Å². The van der Waals surface area contributed by atoms with Crippen LogP contribution in [0.2, 0.25) is 39.3 Å². The van der Waals surface area contributed by atoms with Gasteiger partial charge in [-0.3, -0.25) is 0 Å². The predicted molar refractivity (Wildman–Crippen MR) is 85.1 cm³/mol. The van der Waals surface area contributed by atoms with Gasteiger partial charge in [-0.1, -0.05) is 63.6 Å². The first-order valence-corrected chi connectivity index (χ1v) is 13.1. The van der Waals surface area contributed by atoms with E-state index < -0.39 is 16.1 Å². The molecule has 0 N–H and O–H groups in total. The van der Waals surface area contributed by atoms with Crippen molar-refractivity contribution in [2.75, 3.05) is 0 Å². The van der Waals surface area contributed by atoms with Gasteiger partial charge in [0.2, 0.25) is 0 Å². The van der Waals surface area contributed by atoms with Crippen molar-refractivity contribution >= 4 is 16.1 Å². The molecule has 0 aliphatic heterocycles. The van der Waals surface area contributed by atoms with E-state index in [1.807, 2.05) is 0 Å². The summed E-state index contributed by atoms with van der Waals surface area (Å²) in [5.74, 6) is 5.93. The fourth-order valence-electron chi connectivity index (χ4n) is 0.830. The molecule has 0 heterocycles. The summed E-state index contributed by atoms with van der Waals surface area (Å²) in [4.78, 5) is 0. The number of hydrogen-bond acceptors (Lipinski definition) is 0. The molecule has 1 aliphatic rings. The third-order valence-electron chi connectivity index (χ3n) is 1.59. The molecular weight excluding hydrogens is 295 g/mol. The van der Waals surface area contributed by atoms with E-state index in [0.29, 0.717) is 0 Å². The smallest absolute Gasteiger partial charge is 0.118 e. The summed E-state index contributed by atoms with van der Waals surface area (Å²) in [6, 6.07) is 0. The Morgan fingerprint density at radius 1 is 0.722 bits per heavy atom. The van der Waals surface area contributed by atoms with Crippen LogP contribution in [0.15, 0.2) is 24.3 Å². The fraction of sp³-hybridized carbons (Fsp3) is 0.467. The molecule has 0 saturated heterocycles. The zero-order valence-electron chi connectivity index (χ0n) is 12.3. The van der Waals surface area contributed by atoms with Crippen LogP contribution < -0.4 is 0 Å². The molecule has 0 unspecified atom stereocenters. The molecule has 0 bridgehead atoms. The molecule has 1 rings (SSSR count). The van der Waals surface area contributed by atoms with Crippen molar-refractivity contribution in [3.8, 4) is 22.9 Å². The third-order valence-corrected chi connectivity index (χ3v) is 3.34. The standard InChI is InChI=1S/C10H18Si2.C5H6.Ni/c1-11(2,3)9-7-8-10-12(4,5)6;1-2-4-5-3-1;/h1-6H3;1-4H,5H2;. The van der Waals surface area contributed by atoms with Crippen LogP contribution in [0.3, 0.4) is 0 Å². The molecule has 0 aromatic heterocycles. The minimum absolute atomic E-state index is 0. The Morgan fingerprint density at radius 2 is 1.06 bits per heavy atom. The average molecular weight is 319 g/mol. The van der Waals surface area contributed by atoms with Crippen LogP contribution in [0.4, 0.5) is 0 Å². The van der Waals surface area contributed by atoms with Crippen molar-refractivity contribution in [2.45, 2.75) is 45.7 Å². The summed E-state index contributed by atoms with van der Waals surface area (Å²) in [6.07, 6.45) is 9.50. The zero-order valence-corrected chi connectivity index (χ0v) is 15.3. The van der Waals surface area contributed by atoms with Crippen molar-refractivity contribution in [3.63, 3.8) is 0 Å². The van der Waals surface area contributed by atoms with Gasteiger partial charge in [0, 0.05) is 16.5 Å². The fourth-order valence-corrected chi connectivity index (χ4v) is 1.71. The number of hydrogen-bond donors (Lipinski definition) is 0. The quantitative estimate of drug-likeness (QED) is 0.463. The summed E-state index contributed by atoms with van der Waals surface area (Å²) in [6.45, 7) is 13.4. The summed E-state index contributed by atoms with van der Waals surface area (Å²) in [7, 11) is -2.40. The molecule has 0 fully saturated rings. The largest absolute Gasteiger partial charge is 0.130 e.